The molecule has 0 heterocycles. The highest BCUT2D eigenvalue weighted by atomic mass is 32.2. The fraction of sp³-hybridized carbons (Fsp3) is 0.278. The number of benzene rings is 4. The summed E-state index contributed by atoms with van der Waals surface area (Å²) in [5.74, 6) is -0.151. The van der Waals surface area contributed by atoms with E-state index in [1.54, 1.807) is 24.3 Å². The number of hydrogen-bond acceptors (Lipinski definition) is 10. The molecule has 0 unspecified atom stereocenters. The van der Waals surface area contributed by atoms with Gasteiger partial charge in [-0.15, -0.1) is 0 Å². The summed E-state index contributed by atoms with van der Waals surface area (Å²) in [6.07, 6.45) is -0.605. The van der Waals surface area contributed by atoms with Crippen molar-refractivity contribution in [2.45, 2.75) is 85.2 Å². The number of rotatable bonds is 11. The van der Waals surface area contributed by atoms with Crippen molar-refractivity contribution in [3.05, 3.63) is 97.1 Å². The third-order valence-corrected chi connectivity index (χ3v) is 9.95. The average Bonchev–Trinajstić information content (AvgIpc) is 2.99. The number of esters is 2. The molecule has 4 aromatic rings. The normalized spacial score (nSPS) is 12.2. The van der Waals surface area contributed by atoms with E-state index >= 15 is 0 Å². The molecule has 4 rings (SSSR count). The van der Waals surface area contributed by atoms with Crippen LogP contribution in [0.15, 0.2) is 117 Å². The molecule has 0 bridgehead atoms. The van der Waals surface area contributed by atoms with Crippen LogP contribution < -0.4 is 18.9 Å². The van der Waals surface area contributed by atoms with Gasteiger partial charge in [0.2, 0.25) is 19.7 Å². The van der Waals surface area contributed by atoms with Gasteiger partial charge in [-0.25, -0.2) is 16.8 Å². The molecular formula is C36H38O10S2. The van der Waals surface area contributed by atoms with Crippen molar-refractivity contribution in [2.75, 3.05) is 0 Å². The molecule has 0 atom stereocenters. The van der Waals surface area contributed by atoms with Gasteiger partial charge in [-0.1, -0.05) is 0 Å². The van der Waals surface area contributed by atoms with Crippen LogP contribution in [0.3, 0.4) is 0 Å². The lowest BCUT2D eigenvalue weighted by Crippen LogP contribution is -2.22. The Bertz CT molecular complexity index is 1800. The molecule has 48 heavy (non-hydrogen) atoms. The van der Waals surface area contributed by atoms with Gasteiger partial charge in [0.1, 0.15) is 34.2 Å². The molecule has 0 aliphatic heterocycles. The van der Waals surface area contributed by atoms with Gasteiger partial charge < -0.3 is 18.9 Å². The summed E-state index contributed by atoms with van der Waals surface area (Å²) in [4.78, 5) is 24.9. The van der Waals surface area contributed by atoms with Gasteiger partial charge in [0.05, 0.1) is 32.4 Å². The van der Waals surface area contributed by atoms with E-state index < -0.39 is 42.8 Å². The summed E-state index contributed by atoms with van der Waals surface area (Å²) in [5.41, 5.74) is -0.851. The second-order valence-electron chi connectivity index (χ2n) is 12.8. The standard InChI is InChI=1S/C36H38O10S2/c1-35(2,3)45-27-11-19-31(20-12-27)47(39,40)29-15-7-25(8-16-29)43-33(37)23-24-34(38)44-26-9-17-30(18-10-26)48(41,42)32-21-13-28(14-22-32)46-36(4,5)6/h7-22H,23-24H2,1-6H3. The van der Waals surface area contributed by atoms with E-state index in [0.29, 0.717) is 11.5 Å². The van der Waals surface area contributed by atoms with Gasteiger partial charge in [-0.2, -0.15) is 0 Å². The van der Waals surface area contributed by atoms with Gasteiger partial charge in [0.15, 0.2) is 0 Å². The summed E-state index contributed by atoms with van der Waals surface area (Å²) >= 11 is 0. The SMILES string of the molecule is CC(C)(C)Oc1ccc(S(=O)(=O)c2ccc(OC(=O)CCC(=O)Oc3ccc(S(=O)(=O)c4ccc(OC(C)(C)C)cc4)cc3)cc2)cc1. The predicted octanol–water partition coefficient (Wildman–Crippen LogP) is 7.00. The minimum atomic E-state index is -3.82. The van der Waals surface area contributed by atoms with Crippen molar-refractivity contribution in [1.29, 1.82) is 0 Å². The number of carbonyl (C=O) groups is 2. The van der Waals surface area contributed by atoms with Crippen LogP contribution in [0.1, 0.15) is 54.4 Å². The average molecular weight is 695 g/mol. The minimum Gasteiger partial charge on any atom is -0.488 e. The maximum Gasteiger partial charge on any atom is 0.311 e. The number of ether oxygens (including phenoxy) is 4. The first-order chi connectivity index (χ1) is 22.3. The van der Waals surface area contributed by atoms with Crippen molar-refractivity contribution < 1.29 is 45.4 Å². The van der Waals surface area contributed by atoms with E-state index in [1.165, 1.54) is 72.8 Å². The lowest BCUT2D eigenvalue weighted by atomic mass is 10.2. The molecule has 0 aromatic heterocycles. The zero-order valence-corrected chi connectivity index (χ0v) is 29.2. The molecule has 0 aliphatic rings. The Balaban J connectivity index is 1.27. The maximum absolute atomic E-state index is 13.0. The molecule has 0 saturated heterocycles. The van der Waals surface area contributed by atoms with E-state index in [4.69, 9.17) is 18.9 Å². The van der Waals surface area contributed by atoms with E-state index in [9.17, 15) is 26.4 Å². The molecule has 10 nitrogen and oxygen atoms in total. The largest absolute Gasteiger partial charge is 0.488 e. The van der Waals surface area contributed by atoms with Gasteiger partial charge in [0.25, 0.3) is 0 Å². The molecule has 12 heteroatoms. The van der Waals surface area contributed by atoms with Crippen molar-refractivity contribution >= 4 is 31.6 Å². The topological polar surface area (TPSA) is 139 Å². The molecule has 0 amide bonds. The second kappa shape index (κ2) is 14.2. The molecule has 0 N–H and O–H groups in total. The number of sulfone groups is 2. The van der Waals surface area contributed by atoms with Crippen LogP contribution in [0.2, 0.25) is 0 Å². The quantitative estimate of drug-likeness (QED) is 0.119. The molecule has 4 aromatic carbocycles. The Morgan fingerprint density at radius 1 is 0.438 bits per heavy atom. The van der Waals surface area contributed by atoms with Crippen LogP contribution >= 0.6 is 0 Å². The first-order valence-electron chi connectivity index (χ1n) is 15.0. The Morgan fingerprint density at radius 2 is 0.667 bits per heavy atom. The Hall–Kier alpha value is -4.68. The van der Waals surface area contributed by atoms with Gasteiger partial charge in [0, 0.05) is 0 Å². The second-order valence-corrected chi connectivity index (χ2v) is 16.7. The number of carbonyl (C=O) groups excluding carboxylic acids is 2. The van der Waals surface area contributed by atoms with Crippen LogP contribution in [-0.4, -0.2) is 40.0 Å². The van der Waals surface area contributed by atoms with E-state index in [2.05, 4.69) is 0 Å². The third kappa shape index (κ3) is 9.91. The fourth-order valence-corrected chi connectivity index (χ4v) is 6.82. The van der Waals surface area contributed by atoms with E-state index in [0.717, 1.165) is 0 Å². The van der Waals surface area contributed by atoms with Crippen LogP contribution in [0.4, 0.5) is 0 Å². The summed E-state index contributed by atoms with van der Waals surface area (Å²) < 4.78 is 74.1. The predicted molar refractivity (Wildman–Crippen MR) is 178 cm³/mol. The summed E-state index contributed by atoms with van der Waals surface area (Å²) in [5, 5.41) is 0. The molecule has 0 fully saturated rings. The van der Waals surface area contributed by atoms with Crippen LogP contribution in [0.5, 0.6) is 23.0 Å². The first kappa shape index (κ1) is 36.2. The molecule has 0 radical (unpaired) electrons. The smallest absolute Gasteiger partial charge is 0.311 e. The first-order valence-corrected chi connectivity index (χ1v) is 18.0. The maximum atomic E-state index is 13.0. The lowest BCUT2D eigenvalue weighted by Gasteiger charge is -2.21. The Labute approximate surface area is 281 Å². The molecule has 254 valence electrons. The molecule has 0 spiro atoms. The zero-order chi connectivity index (χ0) is 35.3. The third-order valence-electron chi connectivity index (χ3n) is 6.38. The van der Waals surface area contributed by atoms with Crippen LogP contribution in [-0.2, 0) is 29.3 Å². The van der Waals surface area contributed by atoms with E-state index in [1.807, 2.05) is 41.5 Å². The van der Waals surface area contributed by atoms with Gasteiger partial charge >= 0.3 is 11.9 Å². The van der Waals surface area contributed by atoms with Crippen LogP contribution in [0.25, 0.3) is 0 Å². The van der Waals surface area contributed by atoms with E-state index in [-0.39, 0.29) is 43.9 Å². The molecule has 0 saturated carbocycles. The lowest BCUT2D eigenvalue weighted by molar-refractivity contribution is -0.140. The molecule has 0 aliphatic carbocycles. The zero-order valence-electron chi connectivity index (χ0n) is 27.6. The Morgan fingerprint density at radius 3 is 0.896 bits per heavy atom. The van der Waals surface area contributed by atoms with Crippen molar-refractivity contribution in [2.24, 2.45) is 0 Å². The summed E-state index contributed by atoms with van der Waals surface area (Å²) in [6.45, 7) is 11.3. The molecular weight excluding hydrogens is 657 g/mol. The minimum absolute atomic E-state index is 0.0118. The van der Waals surface area contributed by atoms with Gasteiger partial charge in [-0.05, 0) is 139 Å². The van der Waals surface area contributed by atoms with Gasteiger partial charge in [-0.3, -0.25) is 9.59 Å². The summed E-state index contributed by atoms with van der Waals surface area (Å²) in [6, 6.07) is 22.9. The fourth-order valence-electron chi connectivity index (χ4n) is 4.30. The monoisotopic (exact) mass is 694 g/mol. The summed E-state index contributed by atoms with van der Waals surface area (Å²) in [7, 11) is -7.65. The highest BCUT2D eigenvalue weighted by Crippen LogP contribution is 2.28. The van der Waals surface area contributed by atoms with Crippen molar-refractivity contribution in [3.63, 3.8) is 0 Å². The Kier molecular flexibility index (Phi) is 10.7. The van der Waals surface area contributed by atoms with Crippen molar-refractivity contribution in [3.8, 4) is 23.0 Å². The number of hydrogen-bond donors (Lipinski definition) is 0. The van der Waals surface area contributed by atoms with Crippen LogP contribution in [0, 0.1) is 0 Å². The highest BCUT2D eigenvalue weighted by molar-refractivity contribution is 7.91. The highest BCUT2D eigenvalue weighted by Gasteiger charge is 2.21. The van der Waals surface area contributed by atoms with Crippen molar-refractivity contribution in [1.82, 2.24) is 0 Å².